The minimum Gasteiger partial charge on any atom is -0.288 e. The summed E-state index contributed by atoms with van der Waals surface area (Å²) in [4.78, 5) is 2.36. The second-order valence-electron chi connectivity index (χ2n) is 5.79. The number of thioether (sulfide) groups is 1. The first kappa shape index (κ1) is 15.4. The third-order valence-corrected chi connectivity index (χ3v) is 5.13. The van der Waals surface area contributed by atoms with E-state index in [1.165, 1.54) is 17.7 Å². The van der Waals surface area contributed by atoms with E-state index < -0.39 is 0 Å². The average molecular weight is 340 g/mol. The highest BCUT2D eigenvalue weighted by atomic mass is 32.2. The molecule has 0 bridgehead atoms. The van der Waals surface area contributed by atoms with Gasteiger partial charge in [-0.3, -0.25) is 9.47 Å². The van der Waals surface area contributed by atoms with Crippen LogP contribution in [0.4, 0.5) is 4.39 Å². The Morgan fingerprint density at radius 3 is 2.75 bits per heavy atom. The SMILES string of the molecule is Fc1cccc(-c2nnc3n2CN(CCc2ccccc2)CS3)c1. The predicted octanol–water partition coefficient (Wildman–Crippen LogP) is 3.65. The molecule has 6 heteroatoms. The van der Waals surface area contributed by atoms with Crippen molar-refractivity contribution < 1.29 is 4.39 Å². The van der Waals surface area contributed by atoms with Crippen molar-refractivity contribution in [3.63, 3.8) is 0 Å². The topological polar surface area (TPSA) is 34.0 Å². The molecule has 0 amide bonds. The van der Waals surface area contributed by atoms with Crippen LogP contribution in [0.5, 0.6) is 0 Å². The molecule has 0 unspecified atom stereocenters. The maximum absolute atomic E-state index is 13.5. The van der Waals surface area contributed by atoms with Crippen molar-refractivity contribution in [2.75, 3.05) is 12.4 Å². The summed E-state index contributed by atoms with van der Waals surface area (Å²) in [6, 6.07) is 17.0. The summed E-state index contributed by atoms with van der Waals surface area (Å²) in [5.41, 5.74) is 2.10. The maximum atomic E-state index is 13.5. The first-order valence-electron chi connectivity index (χ1n) is 7.88. The van der Waals surface area contributed by atoms with E-state index in [0.29, 0.717) is 0 Å². The van der Waals surface area contributed by atoms with Gasteiger partial charge in [-0.05, 0) is 24.1 Å². The first-order valence-corrected chi connectivity index (χ1v) is 8.86. The molecule has 0 N–H and O–H groups in total. The number of nitrogens with zero attached hydrogens (tertiary/aromatic N) is 4. The van der Waals surface area contributed by atoms with E-state index in [1.54, 1.807) is 17.8 Å². The fourth-order valence-corrected chi connectivity index (χ4v) is 3.73. The van der Waals surface area contributed by atoms with Gasteiger partial charge < -0.3 is 0 Å². The number of hydrogen-bond donors (Lipinski definition) is 0. The molecule has 2 aromatic carbocycles. The largest absolute Gasteiger partial charge is 0.288 e. The van der Waals surface area contributed by atoms with Gasteiger partial charge in [0.2, 0.25) is 0 Å². The van der Waals surface area contributed by atoms with Crippen LogP contribution in [0.15, 0.2) is 59.8 Å². The van der Waals surface area contributed by atoms with Gasteiger partial charge in [0.05, 0.1) is 12.5 Å². The standard InChI is InChI=1S/C18H17FN4S/c19-16-8-4-7-15(11-16)17-20-21-18-23(17)12-22(13-24-18)10-9-14-5-2-1-3-6-14/h1-8,11H,9-10,12-13H2. The highest BCUT2D eigenvalue weighted by Crippen LogP contribution is 2.29. The minimum atomic E-state index is -0.255. The second kappa shape index (κ2) is 6.75. The van der Waals surface area contributed by atoms with E-state index in [0.717, 1.165) is 42.1 Å². The third-order valence-electron chi connectivity index (χ3n) is 4.08. The molecule has 2 heterocycles. The van der Waals surface area contributed by atoms with Gasteiger partial charge in [0.15, 0.2) is 11.0 Å². The van der Waals surface area contributed by atoms with Crippen LogP contribution in [0, 0.1) is 5.82 Å². The zero-order valence-corrected chi connectivity index (χ0v) is 13.9. The molecule has 0 radical (unpaired) electrons. The van der Waals surface area contributed by atoms with Crippen LogP contribution in [0.25, 0.3) is 11.4 Å². The van der Waals surface area contributed by atoms with E-state index in [9.17, 15) is 4.39 Å². The van der Waals surface area contributed by atoms with E-state index in [-0.39, 0.29) is 5.82 Å². The molecule has 0 spiro atoms. The van der Waals surface area contributed by atoms with Crippen LogP contribution in [-0.4, -0.2) is 32.1 Å². The molecular weight excluding hydrogens is 323 g/mol. The van der Waals surface area contributed by atoms with Gasteiger partial charge in [-0.2, -0.15) is 0 Å². The molecule has 1 aromatic heterocycles. The first-order chi connectivity index (χ1) is 11.8. The average Bonchev–Trinajstić information content (AvgIpc) is 3.04. The van der Waals surface area contributed by atoms with Crippen LogP contribution in [0.3, 0.4) is 0 Å². The van der Waals surface area contributed by atoms with E-state index in [1.807, 2.05) is 12.1 Å². The number of halogens is 1. The third kappa shape index (κ3) is 3.20. The van der Waals surface area contributed by atoms with Crippen LogP contribution in [-0.2, 0) is 13.1 Å². The summed E-state index contributed by atoms with van der Waals surface area (Å²) in [5, 5.41) is 9.40. The van der Waals surface area contributed by atoms with Gasteiger partial charge in [0.25, 0.3) is 0 Å². The van der Waals surface area contributed by atoms with Crippen LogP contribution in [0.2, 0.25) is 0 Å². The Morgan fingerprint density at radius 1 is 1.04 bits per heavy atom. The van der Waals surface area contributed by atoms with Crippen LogP contribution in [0.1, 0.15) is 5.56 Å². The summed E-state index contributed by atoms with van der Waals surface area (Å²) in [7, 11) is 0. The molecule has 4 rings (SSSR count). The summed E-state index contributed by atoms with van der Waals surface area (Å²) >= 11 is 1.67. The Hall–Kier alpha value is -2.18. The van der Waals surface area contributed by atoms with Crippen molar-refractivity contribution >= 4 is 11.8 Å². The van der Waals surface area contributed by atoms with E-state index in [2.05, 4.69) is 43.9 Å². The summed E-state index contributed by atoms with van der Waals surface area (Å²) in [5.74, 6) is 1.37. The molecule has 1 aliphatic rings. The number of fused-ring (bicyclic) bond motifs is 1. The maximum Gasteiger partial charge on any atom is 0.193 e. The molecule has 0 saturated heterocycles. The number of aromatic nitrogens is 3. The molecule has 0 fully saturated rings. The molecule has 4 nitrogen and oxygen atoms in total. The minimum absolute atomic E-state index is 0.255. The Balaban J connectivity index is 1.51. The van der Waals surface area contributed by atoms with Crippen molar-refractivity contribution in [2.24, 2.45) is 0 Å². The molecule has 0 aliphatic carbocycles. The Labute approximate surface area is 144 Å². The zero-order chi connectivity index (χ0) is 16.4. The lowest BCUT2D eigenvalue weighted by molar-refractivity contribution is 0.242. The quantitative estimate of drug-likeness (QED) is 0.726. The van der Waals surface area contributed by atoms with E-state index in [4.69, 9.17) is 0 Å². The van der Waals surface area contributed by atoms with Gasteiger partial charge in [0.1, 0.15) is 5.82 Å². The molecule has 24 heavy (non-hydrogen) atoms. The molecule has 0 saturated carbocycles. The van der Waals surface area contributed by atoms with Crippen molar-refractivity contribution in [2.45, 2.75) is 18.2 Å². The normalized spacial score (nSPS) is 14.5. The van der Waals surface area contributed by atoms with Crippen LogP contribution < -0.4 is 0 Å². The fourth-order valence-electron chi connectivity index (χ4n) is 2.82. The monoisotopic (exact) mass is 340 g/mol. The Kier molecular flexibility index (Phi) is 4.32. The van der Waals surface area contributed by atoms with Gasteiger partial charge in [-0.15, -0.1) is 10.2 Å². The number of benzene rings is 2. The fraction of sp³-hybridized carbons (Fsp3) is 0.222. The second-order valence-corrected chi connectivity index (χ2v) is 6.70. The predicted molar refractivity (Wildman–Crippen MR) is 93.0 cm³/mol. The van der Waals surface area contributed by atoms with Crippen LogP contribution >= 0.6 is 11.8 Å². The molecule has 0 atom stereocenters. The van der Waals surface area contributed by atoms with Crippen molar-refractivity contribution in [1.82, 2.24) is 19.7 Å². The van der Waals surface area contributed by atoms with Crippen molar-refractivity contribution in [1.29, 1.82) is 0 Å². The van der Waals surface area contributed by atoms with E-state index >= 15 is 0 Å². The summed E-state index contributed by atoms with van der Waals surface area (Å²) in [6.45, 7) is 1.70. The Bertz CT molecular complexity index is 834. The number of rotatable bonds is 4. The molecule has 1 aliphatic heterocycles. The number of hydrogen-bond acceptors (Lipinski definition) is 4. The Morgan fingerprint density at radius 2 is 1.92 bits per heavy atom. The van der Waals surface area contributed by atoms with Crippen molar-refractivity contribution in [3.05, 3.63) is 66.0 Å². The highest BCUT2D eigenvalue weighted by molar-refractivity contribution is 7.99. The zero-order valence-electron chi connectivity index (χ0n) is 13.1. The van der Waals surface area contributed by atoms with Gasteiger partial charge >= 0.3 is 0 Å². The molecule has 122 valence electrons. The smallest absolute Gasteiger partial charge is 0.193 e. The lowest BCUT2D eigenvalue weighted by Crippen LogP contribution is -2.32. The van der Waals surface area contributed by atoms with Crippen molar-refractivity contribution in [3.8, 4) is 11.4 Å². The summed E-state index contributed by atoms with van der Waals surface area (Å²) in [6.07, 6.45) is 1.01. The van der Waals surface area contributed by atoms with Gasteiger partial charge in [0, 0.05) is 12.1 Å². The van der Waals surface area contributed by atoms with Gasteiger partial charge in [-0.25, -0.2) is 4.39 Å². The molecular formula is C18H17FN4S. The van der Waals surface area contributed by atoms with Gasteiger partial charge in [-0.1, -0.05) is 54.2 Å². The lowest BCUT2D eigenvalue weighted by atomic mass is 10.1. The highest BCUT2D eigenvalue weighted by Gasteiger charge is 2.22. The lowest BCUT2D eigenvalue weighted by Gasteiger charge is -2.27. The summed E-state index contributed by atoms with van der Waals surface area (Å²) < 4.78 is 15.6. The molecule has 3 aromatic rings.